The summed E-state index contributed by atoms with van der Waals surface area (Å²) in [5.74, 6) is 0. The number of nitrogens with two attached hydrogens (primary N) is 1. The highest BCUT2D eigenvalue weighted by molar-refractivity contribution is 8.63. The van der Waals surface area contributed by atoms with Crippen LogP contribution >= 0.6 is 11.7 Å². The quantitative estimate of drug-likeness (QED) is 0.387. The van der Waals surface area contributed by atoms with Crippen molar-refractivity contribution in [3.05, 3.63) is 0 Å². The predicted molar refractivity (Wildman–Crippen MR) is 40.6 cm³/mol. The second kappa shape index (κ2) is 3.47. The Morgan fingerprint density at radius 2 is 1.75 bits per heavy atom. The maximum Gasteiger partial charge on any atom is 0.421 e. The third kappa shape index (κ3) is 6.21. The van der Waals surface area contributed by atoms with E-state index in [-0.39, 0.29) is 0 Å². The number of carbonyl (C=O) groups is 1. The van der Waals surface area contributed by atoms with Gasteiger partial charge in [0.15, 0.2) is 0 Å². The molecule has 0 aromatic carbocycles. The summed E-state index contributed by atoms with van der Waals surface area (Å²) in [5.41, 5.74) is 4.30. The molecule has 72 valence electrons. The first-order chi connectivity index (χ1) is 5.12. The van der Waals surface area contributed by atoms with E-state index in [1.54, 1.807) is 0 Å². The molecule has 8 nitrogen and oxygen atoms in total. The van der Waals surface area contributed by atoms with Crippen LogP contribution in [0.3, 0.4) is 0 Å². The highest BCUT2D eigenvalue weighted by atomic mass is 33.1. The van der Waals surface area contributed by atoms with Crippen molar-refractivity contribution >= 4 is 37.1 Å². The van der Waals surface area contributed by atoms with Gasteiger partial charge in [0.1, 0.15) is 0 Å². The van der Waals surface area contributed by atoms with Crippen molar-refractivity contribution in [3.63, 3.8) is 0 Å². The third-order valence-electron chi connectivity index (χ3n) is 0.399. The minimum atomic E-state index is -4.73. The Morgan fingerprint density at radius 3 is 2.00 bits per heavy atom. The number of primary amides is 1. The van der Waals surface area contributed by atoms with Crippen molar-refractivity contribution in [1.29, 1.82) is 0 Å². The molecule has 0 atom stereocenters. The van der Waals surface area contributed by atoms with Crippen LogP contribution in [0.2, 0.25) is 0 Å². The van der Waals surface area contributed by atoms with E-state index < -0.39 is 25.5 Å². The highest BCUT2D eigenvalue weighted by Crippen LogP contribution is 1.95. The third-order valence-corrected chi connectivity index (χ3v) is 3.11. The fraction of sp³-hybridized carbons (Fsp3) is 0. The fourth-order valence-electron chi connectivity index (χ4n) is 0.254. The number of thiol groups is 1. The number of hydrogen-bond acceptors (Lipinski definition) is 6. The van der Waals surface area contributed by atoms with Gasteiger partial charge in [-0.05, 0) is 11.7 Å². The van der Waals surface area contributed by atoms with Gasteiger partial charge in [0.05, 0.1) is 0 Å². The molecule has 0 heterocycles. The Bertz CT molecular complexity index is 364. The topological polar surface area (TPSA) is 133 Å². The molecule has 0 aromatic rings. The van der Waals surface area contributed by atoms with Crippen molar-refractivity contribution in [3.8, 4) is 0 Å². The molecule has 0 saturated carbocycles. The molecule has 0 radical (unpaired) electrons. The number of rotatable bonds is 3. The lowest BCUT2D eigenvalue weighted by Gasteiger charge is -2.00. The molecular formula is CH4N2O6S3. The van der Waals surface area contributed by atoms with E-state index in [1.807, 2.05) is 0 Å². The second-order valence-electron chi connectivity index (χ2n) is 1.41. The van der Waals surface area contributed by atoms with Crippen LogP contribution in [0.15, 0.2) is 0 Å². The van der Waals surface area contributed by atoms with Gasteiger partial charge in [0, 0.05) is 0 Å². The summed E-state index contributed by atoms with van der Waals surface area (Å²) in [5, 5.41) is 0. The van der Waals surface area contributed by atoms with Gasteiger partial charge in [-0.25, -0.2) is 4.79 Å². The van der Waals surface area contributed by atoms with Crippen molar-refractivity contribution in [2.45, 2.75) is 0 Å². The zero-order valence-corrected chi connectivity index (χ0v) is 7.82. The minimum absolute atomic E-state index is 0.912. The van der Waals surface area contributed by atoms with Crippen LogP contribution in [0.5, 0.6) is 0 Å². The molecule has 0 spiro atoms. The lowest BCUT2D eigenvalue weighted by Crippen LogP contribution is -2.32. The van der Waals surface area contributed by atoms with Gasteiger partial charge >= 0.3 is 16.4 Å². The molecule has 11 heteroatoms. The Balaban J connectivity index is 4.58. The minimum Gasteiger partial charge on any atom is -0.334 e. The zero-order valence-electron chi connectivity index (χ0n) is 5.29. The summed E-state index contributed by atoms with van der Waals surface area (Å²) in [7, 11) is -9.03. The molecule has 0 aliphatic carbocycles. The summed E-state index contributed by atoms with van der Waals surface area (Å²) in [4.78, 5) is 9.86. The van der Waals surface area contributed by atoms with Crippen molar-refractivity contribution in [1.82, 2.24) is 4.13 Å². The van der Waals surface area contributed by atoms with Gasteiger partial charge in [-0.3, -0.25) is 0 Å². The van der Waals surface area contributed by atoms with E-state index in [2.05, 4.69) is 21.6 Å². The summed E-state index contributed by atoms with van der Waals surface area (Å²) in [6.07, 6.45) is -1.65. The van der Waals surface area contributed by atoms with Crippen LogP contribution in [-0.4, -0.2) is 22.9 Å². The number of nitrogens with one attached hydrogen (secondary N) is 1. The van der Waals surface area contributed by atoms with E-state index >= 15 is 0 Å². The molecule has 0 aliphatic heterocycles. The Kier molecular flexibility index (Phi) is 3.32. The lowest BCUT2D eigenvalue weighted by atomic mass is 11.3. The van der Waals surface area contributed by atoms with E-state index in [9.17, 15) is 21.6 Å². The summed E-state index contributed by atoms with van der Waals surface area (Å²) in [6, 6.07) is 0. The van der Waals surface area contributed by atoms with Crippen LogP contribution in [0.4, 0.5) is 4.79 Å². The van der Waals surface area contributed by atoms with E-state index in [1.165, 1.54) is 0 Å². The average molecular weight is 236 g/mol. The molecule has 0 aliphatic rings. The van der Waals surface area contributed by atoms with Gasteiger partial charge in [-0.15, -0.1) is 0 Å². The molecule has 0 saturated heterocycles. The zero-order chi connectivity index (χ0) is 9.99. The standard InChI is InChI=1S/CH4N2O6S3/c2-1(4)9-11(5,6)3-12(7,8)10/h3H,(H2,2,4)(H,7,8,10). The molecule has 0 bridgehead atoms. The average Bonchev–Trinajstić information content (AvgIpc) is 1.48. The first kappa shape index (κ1) is 11.5. The van der Waals surface area contributed by atoms with Crippen LogP contribution in [0.1, 0.15) is 0 Å². The first-order valence-electron chi connectivity index (χ1n) is 2.12. The normalized spacial score (nSPS) is 12.4. The van der Waals surface area contributed by atoms with E-state index in [0.717, 1.165) is 4.13 Å². The van der Waals surface area contributed by atoms with Crippen molar-refractivity contribution in [2.75, 3.05) is 0 Å². The van der Waals surface area contributed by atoms with Crippen molar-refractivity contribution < 1.29 is 25.8 Å². The second-order valence-corrected chi connectivity index (χ2v) is 5.55. The van der Waals surface area contributed by atoms with Gasteiger partial charge in [0.25, 0.3) is 9.06 Å². The number of carbonyl (C=O) groups excluding carboxylic acids is 1. The van der Waals surface area contributed by atoms with E-state index in [4.69, 9.17) is 0 Å². The highest BCUT2D eigenvalue weighted by Gasteiger charge is 2.20. The summed E-state index contributed by atoms with van der Waals surface area (Å²) < 4.78 is 45.4. The van der Waals surface area contributed by atoms with Crippen LogP contribution in [-0.2, 0) is 23.5 Å². The largest absolute Gasteiger partial charge is 0.421 e. The molecule has 1 amide bonds. The molecule has 3 N–H and O–H groups in total. The Labute approximate surface area is 73.2 Å². The van der Waals surface area contributed by atoms with Gasteiger partial charge in [-0.2, -0.15) is 16.8 Å². The fourth-order valence-corrected chi connectivity index (χ4v) is 2.46. The summed E-state index contributed by atoms with van der Waals surface area (Å²) >= 11 is 2.82. The van der Waals surface area contributed by atoms with Crippen molar-refractivity contribution in [2.24, 2.45) is 5.73 Å². The van der Waals surface area contributed by atoms with E-state index in [0.29, 0.717) is 0 Å². The molecule has 0 rings (SSSR count). The molecule has 12 heavy (non-hydrogen) atoms. The lowest BCUT2D eigenvalue weighted by molar-refractivity contribution is 0.212. The maximum atomic E-state index is 10.4. The van der Waals surface area contributed by atoms with Crippen LogP contribution < -0.4 is 9.86 Å². The van der Waals surface area contributed by atoms with Gasteiger partial charge in [0.2, 0.25) is 0 Å². The molecule has 0 fully saturated rings. The number of amides is 1. The smallest absolute Gasteiger partial charge is 0.334 e. The molecular weight excluding hydrogens is 232 g/mol. The summed E-state index contributed by atoms with van der Waals surface area (Å²) in [6.45, 7) is 0. The molecule has 0 aromatic heterocycles. The van der Waals surface area contributed by atoms with Crippen LogP contribution in [0.25, 0.3) is 0 Å². The van der Waals surface area contributed by atoms with Gasteiger partial charge in [-0.1, -0.05) is 4.13 Å². The maximum absolute atomic E-state index is 10.4. The SMILES string of the molecule is NC(=O)OS(=O)(=O)NS(=O)(=O)S. The monoisotopic (exact) mass is 236 g/mol. The number of hydrogen-bond donors (Lipinski definition) is 3. The molecule has 0 unspecified atom stereocenters. The Hall–Kier alpha value is -0.520. The predicted octanol–water partition coefficient (Wildman–Crippen LogP) is -1.91. The first-order valence-corrected chi connectivity index (χ1v) is 6.06. The van der Waals surface area contributed by atoms with Crippen LogP contribution in [0, 0.1) is 0 Å². The Morgan fingerprint density at radius 1 is 1.33 bits per heavy atom. The van der Waals surface area contributed by atoms with Gasteiger partial charge < -0.3 is 9.92 Å².